The predicted octanol–water partition coefficient (Wildman–Crippen LogP) is 4.30. The Morgan fingerprint density at radius 2 is 1.62 bits per heavy atom. The molecule has 5 rings (SSSR count). The van der Waals surface area contributed by atoms with Gasteiger partial charge in [-0.3, -0.25) is 9.59 Å². The molecule has 3 aromatic carbocycles. The summed E-state index contributed by atoms with van der Waals surface area (Å²) in [6.45, 7) is 0.554. The summed E-state index contributed by atoms with van der Waals surface area (Å²) >= 11 is 0. The summed E-state index contributed by atoms with van der Waals surface area (Å²) in [7, 11) is 0. The number of carbonyl (C=O) groups excluding carboxylic acids is 2. The summed E-state index contributed by atoms with van der Waals surface area (Å²) in [6.07, 6.45) is 0.752. The quantitative estimate of drug-likeness (QED) is 0.714. The van der Waals surface area contributed by atoms with Crippen LogP contribution in [0.5, 0.6) is 0 Å². The van der Waals surface area contributed by atoms with Crippen molar-refractivity contribution >= 4 is 17.5 Å². The van der Waals surface area contributed by atoms with E-state index >= 15 is 0 Å². The highest BCUT2D eigenvalue weighted by Gasteiger charge is 2.46. The van der Waals surface area contributed by atoms with Gasteiger partial charge >= 0.3 is 0 Å². The van der Waals surface area contributed by atoms with Gasteiger partial charge < -0.3 is 10.2 Å². The fraction of sp³-hybridized carbons (Fsp3) is 0.167. The number of nitrogens with one attached hydrogen (secondary N) is 1. The summed E-state index contributed by atoms with van der Waals surface area (Å²) in [5.74, 6) is -1.48. The number of benzene rings is 3. The maximum absolute atomic E-state index is 14.2. The third-order valence-corrected chi connectivity index (χ3v) is 5.85. The summed E-state index contributed by atoms with van der Waals surface area (Å²) in [4.78, 5) is 28.4. The largest absolute Gasteiger partial charge is 0.330 e. The molecule has 2 aliphatic heterocycles. The molecular weight excluding hydrogens is 367 g/mol. The van der Waals surface area contributed by atoms with E-state index in [1.54, 1.807) is 35.2 Å². The van der Waals surface area contributed by atoms with Gasteiger partial charge in [0, 0.05) is 12.1 Å². The minimum Gasteiger partial charge on any atom is -0.330 e. The molecule has 144 valence electrons. The Morgan fingerprint density at radius 3 is 2.45 bits per heavy atom. The molecule has 0 bridgehead atoms. The Balaban J connectivity index is 1.64. The van der Waals surface area contributed by atoms with Crippen LogP contribution in [0.1, 0.15) is 39.0 Å². The van der Waals surface area contributed by atoms with Crippen molar-refractivity contribution in [1.82, 2.24) is 4.90 Å². The van der Waals surface area contributed by atoms with Crippen LogP contribution >= 0.6 is 0 Å². The third kappa shape index (κ3) is 2.81. The van der Waals surface area contributed by atoms with E-state index in [9.17, 15) is 14.0 Å². The van der Waals surface area contributed by atoms with Crippen LogP contribution in [-0.2, 0) is 11.2 Å². The van der Waals surface area contributed by atoms with E-state index in [4.69, 9.17) is 0 Å². The smallest absolute Gasteiger partial charge is 0.254 e. The molecule has 0 aliphatic carbocycles. The number of hydrogen-bond donors (Lipinski definition) is 1. The van der Waals surface area contributed by atoms with E-state index in [-0.39, 0.29) is 17.5 Å². The Bertz CT molecular complexity index is 1130. The van der Waals surface area contributed by atoms with Gasteiger partial charge in [-0.2, -0.15) is 0 Å². The fourth-order valence-electron chi connectivity index (χ4n) is 4.53. The van der Waals surface area contributed by atoms with Gasteiger partial charge in [0.15, 0.2) is 0 Å². The maximum Gasteiger partial charge on any atom is 0.254 e. The Hall–Kier alpha value is -3.47. The molecule has 2 amide bonds. The molecule has 29 heavy (non-hydrogen) atoms. The Labute approximate surface area is 168 Å². The third-order valence-electron chi connectivity index (χ3n) is 5.85. The van der Waals surface area contributed by atoms with Crippen LogP contribution in [0, 0.1) is 5.82 Å². The highest BCUT2D eigenvalue weighted by molar-refractivity contribution is 6.04. The van der Waals surface area contributed by atoms with Crippen LogP contribution in [0.25, 0.3) is 0 Å². The van der Waals surface area contributed by atoms with Crippen molar-refractivity contribution in [1.29, 1.82) is 0 Å². The molecule has 0 unspecified atom stereocenters. The zero-order chi connectivity index (χ0) is 20.0. The molecular formula is C24H19FN2O2. The highest BCUT2D eigenvalue weighted by atomic mass is 19.1. The summed E-state index contributed by atoms with van der Waals surface area (Å²) < 4.78 is 14.2. The van der Waals surface area contributed by atoms with Gasteiger partial charge in [-0.05, 0) is 41.3 Å². The average molecular weight is 386 g/mol. The second-order valence-electron chi connectivity index (χ2n) is 7.43. The minimum absolute atomic E-state index is 0.0601. The lowest BCUT2D eigenvalue weighted by Crippen LogP contribution is -2.49. The van der Waals surface area contributed by atoms with Gasteiger partial charge in [0.25, 0.3) is 5.91 Å². The van der Waals surface area contributed by atoms with Gasteiger partial charge in [0.05, 0.1) is 17.6 Å². The number of nitrogens with zero attached hydrogens (tertiary/aromatic N) is 1. The maximum atomic E-state index is 14.2. The molecule has 2 heterocycles. The van der Waals surface area contributed by atoms with Crippen molar-refractivity contribution in [2.45, 2.75) is 18.4 Å². The van der Waals surface area contributed by atoms with Gasteiger partial charge in [0.2, 0.25) is 5.91 Å². The first-order valence-electron chi connectivity index (χ1n) is 9.68. The number of halogens is 1. The van der Waals surface area contributed by atoms with Crippen molar-refractivity contribution in [3.05, 3.63) is 101 Å². The lowest BCUT2D eigenvalue weighted by atomic mass is 9.76. The lowest BCUT2D eigenvalue weighted by molar-refractivity contribution is -0.119. The molecule has 0 saturated carbocycles. The number of hydrogen-bond acceptors (Lipinski definition) is 2. The van der Waals surface area contributed by atoms with Gasteiger partial charge in [-0.25, -0.2) is 4.39 Å². The first-order valence-corrected chi connectivity index (χ1v) is 9.68. The van der Waals surface area contributed by atoms with E-state index in [1.807, 2.05) is 36.4 Å². The molecule has 2 atom stereocenters. The van der Waals surface area contributed by atoms with Crippen molar-refractivity contribution in [2.75, 3.05) is 11.9 Å². The molecule has 5 heteroatoms. The van der Waals surface area contributed by atoms with Crippen molar-refractivity contribution in [2.24, 2.45) is 0 Å². The topological polar surface area (TPSA) is 49.4 Å². The number of anilines is 1. The number of amides is 2. The van der Waals surface area contributed by atoms with Crippen molar-refractivity contribution in [3.63, 3.8) is 0 Å². The predicted molar refractivity (Wildman–Crippen MR) is 108 cm³/mol. The van der Waals surface area contributed by atoms with Crippen molar-refractivity contribution < 1.29 is 14.0 Å². The molecule has 1 N–H and O–H groups in total. The molecule has 4 nitrogen and oxygen atoms in total. The number of carbonyl (C=O) groups is 2. The van der Waals surface area contributed by atoms with E-state index < -0.39 is 17.8 Å². The van der Waals surface area contributed by atoms with Gasteiger partial charge in [0.1, 0.15) is 5.82 Å². The van der Waals surface area contributed by atoms with Crippen molar-refractivity contribution in [3.8, 4) is 0 Å². The lowest BCUT2D eigenvalue weighted by Gasteiger charge is -2.45. The van der Waals surface area contributed by atoms with Crippen LogP contribution in [0.2, 0.25) is 0 Å². The van der Waals surface area contributed by atoms with E-state index in [0.717, 1.165) is 17.5 Å². The van der Waals surface area contributed by atoms with Crippen LogP contribution in [0.15, 0.2) is 72.8 Å². The Kier molecular flexibility index (Phi) is 4.16. The molecule has 2 aliphatic rings. The van der Waals surface area contributed by atoms with Crippen LogP contribution in [0.4, 0.5) is 10.1 Å². The second-order valence-corrected chi connectivity index (χ2v) is 7.43. The average Bonchev–Trinajstić information content (AvgIpc) is 2.75. The minimum atomic E-state index is -0.620. The molecule has 0 aromatic heterocycles. The Morgan fingerprint density at radius 1 is 0.931 bits per heavy atom. The van der Waals surface area contributed by atoms with Crippen LogP contribution in [0.3, 0.4) is 0 Å². The number of para-hydroxylation sites is 1. The number of rotatable bonds is 2. The molecule has 0 radical (unpaired) electrons. The zero-order valence-corrected chi connectivity index (χ0v) is 15.6. The summed E-state index contributed by atoms with van der Waals surface area (Å²) in [5.41, 5.74) is 3.49. The van der Waals surface area contributed by atoms with E-state index in [2.05, 4.69) is 5.32 Å². The normalized spacial score (nSPS) is 19.8. The van der Waals surface area contributed by atoms with Crippen LogP contribution in [-0.4, -0.2) is 23.3 Å². The molecule has 0 fully saturated rings. The standard InChI is InChI=1S/C24H19FN2O2/c25-19-11-5-6-12-20(19)26-23(28)21-17-9-3-4-10-18(17)24(29)27-14-13-15-7-1-2-8-16(15)22(21)27/h1-12,21-22H,13-14H2,(H,26,28)/t21-,22+/m0/s1. The fourth-order valence-corrected chi connectivity index (χ4v) is 4.53. The second kappa shape index (κ2) is 6.85. The summed E-state index contributed by atoms with van der Waals surface area (Å²) in [6, 6.07) is 20.9. The highest BCUT2D eigenvalue weighted by Crippen LogP contribution is 2.46. The van der Waals surface area contributed by atoms with Gasteiger partial charge in [-0.15, -0.1) is 0 Å². The zero-order valence-electron chi connectivity index (χ0n) is 15.6. The SMILES string of the molecule is O=C(Nc1ccccc1F)[C@H]1c2ccccc2C(=O)N2CCc3ccccc3[C@H]12. The van der Waals surface area contributed by atoms with E-state index in [0.29, 0.717) is 17.7 Å². The van der Waals surface area contributed by atoms with E-state index in [1.165, 1.54) is 6.07 Å². The molecule has 0 saturated heterocycles. The van der Waals surface area contributed by atoms with Crippen LogP contribution < -0.4 is 5.32 Å². The molecule has 3 aromatic rings. The first-order chi connectivity index (χ1) is 14.1. The number of fused-ring (bicyclic) bond motifs is 4. The molecule has 0 spiro atoms. The first kappa shape index (κ1) is 17.6. The monoisotopic (exact) mass is 386 g/mol. The van der Waals surface area contributed by atoms with Gasteiger partial charge in [-0.1, -0.05) is 54.6 Å². The summed E-state index contributed by atoms with van der Waals surface area (Å²) in [5, 5.41) is 2.75.